The third-order valence-electron chi connectivity index (χ3n) is 7.60. The van der Waals surface area contributed by atoms with Crippen molar-refractivity contribution in [1.29, 1.82) is 0 Å². The summed E-state index contributed by atoms with van der Waals surface area (Å²) in [7, 11) is -4.68. The maximum absolute atomic E-state index is 13.3. The van der Waals surface area contributed by atoms with Crippen LogP contribution in [0.2, 0.25) is 0 Å². The van der Waals surface area contributed by atoms with E-state index in [1.807, 2.05) is 0 Å². The van der Waals surface area contributed by atoms with Gasteiger partial charge in [0.15, 0.2) is 0 Å². The van der Waals surface area contributed by atoms with Gasteiger partial charge in [0.2, 0.25) is 0 Å². The number of phosphoric ester groups is 1. The molecule has 6 heteroatoms. The standard InChI is InChI=1S/C30H45O4P.Na/c1-12-18(3)21-14-23-20(5)24-15-22(19(4)13-2)17-26(30(9,10)11)28(24)34-35(31,32)33-27(23)25(16-21)29(6,7)8;/h14-20H,12-13H2,1-11H3,(H,31,32);/q;+1/p-1. The SMILES string of the molecule is CCC(C)c1cc2c(c(C(C)(C)C)c1)OP(=O)([O-])Oc1c(cc(C(C)CC)cc1C(C)(C)C)C2C.[Na+]. The molecule has 4 nitrogen and oxygen atoms in total. The van der Waals surface area contributed by atoms with Crippen molar-refractivity contribution in [2.75, 3.05) is 0 Å². The van der Waals surface area contributed by atoms with Crippen molar-refractivity contribution in [2.45, 2.75) is 118 Å². The molecule has 0 bridgehead atoms. The number of phosphoric acid groups is 1. The summed E-state index contributed by atoms with van der Waals surface area (Å²) < 4.78 is 25.0. The Morgan fingerprint density at radius 2 is 1.14 bits per heavy atom. The minimum absolute atomic E-state index is 0. The molecule has 2 aromatic rings. The molecule has 0 radical (unpaired) electrons. The third kappa shape index (κ3) is 6.44. The van der Waals surface area contributed by atoms with Crippen LogP contribution in [0, 0.1) is 0 Å². The second-order valence-corrected chi connectivity index (χ2v) is 13.7. The maximum Gasteiger partial charge on any atom is 1.00 e. The Morgan fingerprint density at radius 1 is 0.806 bits per heavy atom. The minimum Gasteiger partial charge on any atom is -0.736 e. The van der Waals surface area contributed by atoms with E-state index in [1.165, 1.54) is 11.1 Å². The summed E-state index contributed by atoms with van der Waals surface area (Å²) in [5, 5.41) is 0. The van der Waals surface area contributed by atoms with Crippen LogP contribution >= 0.6 is 7.82 Å². The molecule has 0 spiro atoms. The van der Waals surface area contributed by atoms with Crippen molar-refractivity contribution in [3.05, 3.63) is 57.6 Å². The van der Waals surface area contributed by atoms with E-state index in [1.54, 1.807) is 0 Å². The fraction of sp³-hybridized carbons (Fsp3) is 0.600. The van der Waals surface area contributed by atoms with Crippen molar-refractivity contribution in [3.8, 4) is 11.5 Å². The minimum atomic E-state index is -4.68. The van der Waals surface area contributed by atoms with Crippen molar-refractivity contribution in [3.63, 3.8) is 0 Å². The first-order chi connectivity index (χ1) is 16.0. The Hall–Kier alpha value is -0.770. The molecule has 194 valence electrons. The van der Waals surface area contributed by atoms with E-state index in [0.717, 1.165) is 35.1 Å². The molecule has 2 atom stereocenters. The Morgan fingerprint density at radius 3 is 1.42 bits per heavy atom. The first-order valence-electron chi connectivity index (χ1n) is 13.1. The Labute approximate surface area is 241 Å². The van der Waals surface area contributed by atoms with E-state index < -0.39 is 7.82 Å². The van der Waals surface area contributed by atoms with Crippen LogP contribution in [-0.4, -0.2) is 0 Å². The Bertz CT molecular complexity index is 1060. The summed E-state index contributed by atoms with van der Waals surface area (Å²) in [6.07, 6.45) is 2.01. The zero-order valence-corrected chi connectivity index (χ0v) is 27.4. The molecule has 0 amide bonds. The molecule has 0 saturated heterocycles. The maximum atomic E-state index is 13.3. The van der Waals surface area contributed by atoms with Gasteiger partial charge in [-0.3, -0.25) is 0 Å². The van der Waals surface area contributed by atoms with Gasteiger partial charge < -0.3 is 13.9 Å². The monoisotopic (exact) mass is 522 g/mol. The fourth-order valence-electron chi connectivity index (χ4n) is 4.76. The van der Waals surface area contributed by atoms with E-state index >= 15 is 0 Å². The van der Waals surface area contributed by atoms with Gasteiger partial charge in [-0.25, -0.2) is 4.57 Å². The van der Waals surface area contributed by atoms with Crippen LogP contribution in [0.3, 0.4) is 0 Å². The summed E-state index contributed by atoms with van der Waals surface area (Å²) in [6.45, 7) is 23.5. The molecular weight excluding hydrogens is 478 g/mol. The van der Waals surface area contributed by atoms with Gasteiger partial charge in [0.1, 0.15) is 11.5 Å². The zero-order chi connectivity index (χ0) is 26.5. The van der Waals surface area contributed by atoms with Gasteiger partial charge in [-0.05, 0) is 46.6 Å². The Balaban J connectivity index is 0.00000456. The number of fused-ring (bicyclic) bond motifs is 2. The predicted octanol–water partition coefficient (Wildman–Crippen LogP) is 5.70. The first kappa shape index (κ1) is 31.4. The molecule has 0 aliphatic carbocycles. The molecule has 1 aliphatic rings. The van der Waals surface area contributed by atoms with Crippen molar-refractivity contribution in [1.82, 2.24) is 0 Å². The summed E-state index contributed by atoms with van der Waals surface area (Å²) in [4.78, 5) is 13.3. The van der Waals surface area contributed by atoms with Gasteiger partial charge in [0.25, 0.3) is 0 Å². The third-order valence-corrected chi connectivity index (χ3v) is 8.41. The molecule has 0 fully saturated rings. The fourth-order valence-corrected chi connectivity index (χ4v) is 5.65. The summed E-state index contributed by atoms with van der Waals surface area (Å²) in [6, 6.07) is 8.56. The van der Waals surface area contributed by atoms with Gasteiger partial charge in [-0.15, -0.1) is 0 Å². The Kier molecular flexibility index (Phi) is 9.74. The van der Waals surface area contributed by atoms with Crippen LogP contribution in [0.25, 0.3) is 0 Å². The van der Waals surface area contributed by atoms with E-state index in [9.17, 15) is 9.46 Å². The number of rotatable bonds is 4. The molecular formula is C30H44NaO4P. The number of benzene rings is 2. The normalized spacial score (nSPS) is 21.5. The molecule has 3 rings (SSSR count). The largest absolute Gasteiger partial charge is 1.00 e. The van der Waals surface area contributed by atoms with Gasteiger partial charge in [-0.1, -0.05) is 100 Å². The second kappa shape index (κ2) is 11.1. The molecule has 2 unspecified atom stereocenters. The summed E-state index contributed by atoms with van der Waals surface area (Å²) >= 11 is 0. The zero-order valence-electron chi connectivity index (χ0n) is 24.5. The van der Waals surface area contributed by atoms with Gasteiger partial charge in [0.05, 0.1) is 0 Å². The van der Waals surface area contributed by atoms with Crippen LogP contribution in [0.15, 0.2) is 24.3 Å². The van der Waals surface area contributed by atoms with Crippen LogP contribution in [0.1, 0.15) is 140 Å². The predicted molar refractivity (Wildman–Crippen MR) is 144 cm³/mol. The van der Waals surface area contributed by atoms with Crippen LogP contribution in [0.4, 0.5) is 0 Å². The molecule has 36 heavy (non-hydrogen) atoms. The molecule has 0 saturated carbocycles. The number of hydrogen-bond donors (Lipinski definition) is 0. The molecule has 2 aromatic carbocycles. The number of hydrogen-bond acceptors (Lipinski definition) is 4. The van der Waals surface area contributed by atoms with Gasteiger partial charge >= 0.3 is 37.4 Å². The molecule has 1 heterocycles. The van der Waals surface area contributed by atoms with Crippen LogP contribution < -0.4 is 43.5 Å². The van der Waals surface area contributed by atoms with E-state index in [0.29, 0.717) is 23.3 Å². The molecule has 0 N–H and O–H groups in total. The van der Waals surface area contributed by atoms with Crippen LogP contribution in [-0.2, 0) is 15.4 Å². The topological polar surface area (TPSA) is 58.6 Å². The van der Waals surface area contributed by atoms with E-state index in [2.05, 4.69) is 100 Å². The van der Waals surface area contributed by atoms with E-state index in [4.69, 9.17) is 9.05 Å². The summed E-state index contributed by atoms with van der Waals surface area (Å²) in [5.41, 5.74) is 5.44. The first-order valence-corrected chi connectivity index (χ1v) is 14.5. The van der Waals surface area contributed by atoms with Crippen molar-refractivity contribution < 1.29 is 48.1 Å². The molecule has 1 aliphatic heterocycles. The average Bonchev–Trinajstić information content (AvgIpc) is 2.74. The van der Waals surface area contributed by atoms with Crippen LogP contribution in [0.5, 0.6) is 11.5 Å². The van der Waals surface area contributed by atoms with Crippen molar-refractivity contribution >= 4 is 7.82 Å². The molecule has 0 aromatic heterocycles. The van der Waals surface area contributed by atoms with Gasteiger partial charge in [-0.2, -0.15) is 0 Å². The quantitative estimate of drug-likeness (QED) is 0.382. The van der Waals surface area contributed by atoms with Crippen molar-refractivity contribution in [2.24, 2.45) is 0 Å². The van der Waals surface area contributed by atoms with E-state index in [-0.39, 0.29) is 46.3 Å². The van der Waals surface area contributed by atoms with Gasteiger partial charge in [0, 0.05) is 28.2 Å². The average molecular weight is 523 g/mol. The smallest absolute Gasteiger partial charge is 0.736 e. The second-order valence-electron chi connectivity index (χ2n) is 12.4. The summed E-state index contributed by atoms with van der Waals surface area (Å²) in [5.74, 6) is 1.45.